The fourth-order valence-corrected chi connectivity index (χ4v) is 5.49. The standard InChI is InChI=1S/C26H28N2O5S/c1-19-16-28(17-20(2)33-19)34(30,31)25-10-6-9-22(15-25)26(29)27-23-11-13-24(14-12-23)32-18-21-7-4-3-5-8-21/h3-15,19-20H,16-18H2,1-2H3,(H,27,29). The predicted molar refractivity (Wildman–Crippen MR) is 130 cm³/mol. The first-order valence-corrected chi connectivity index (χ1v) is 12.6. The van der Waals surface area contributed by atoms with E-state index in [-0.39, 0.29) is 35.8 Å². The number of carbonyl (C=O) groups is 1. The molecular formula is C26H28N2O5S. The van der Waals surface area contributed by atoms with E-state index in [1.54, 1.807) is 36.4 Å². The van der Waals surface area contributed by atoms with Crippen LogP contribution in [-0.2, 0) is 21.4 Å². The molecule has 0 radical (unpaired) electrons. The molecule has 178 valence electrons. The number of nitrogens with zero attached hydrogens (tertiary/aromatic N) is 1. The Kier molecular flexibility index (Phi) is 7.31. The van der Waals surface area contributed by atoms with E-state index in [0.717, 1.165) is 5.56 Å². The first-order valence-electron chi connectivity index (χ1n) is 11.1. The van der Waals surface area contributed by atoms with Crippen molar-refractivity contribution in [3.05, 3.63) is 90.0 Å². The third kappa shape index (κ3) is 5.83. The Morgan fingerprint density at radius 3 is 2.32 bits per heavy atom. The summed E-state index contributed by atoms with van der Waals surface area (Å²) < 4.78 is 39.1. The van der Waals surface area contributed by atoms with Gasteiger partial charge in [0.2, 0.25) is 10.0 Å². The SMILES string of the molecule is CC1CN(S(=O)(=O)c2cccc(C(=O)Nc3ccc(OCc4ccccc4)cc3)c2)CC(C)O1. The highest BCUT2D eigenvalue weighted by molar-refractivity contribution is 7.89. The topological polar surface area (TPSA) is 84.9 Å². The van der Waals surface area contributed by atoms with E-state index in [4.69, 9.17) is 9.47 Å². The van der Waals surface area contributed by atoms with E-state index in [1.807, 2.05) is 44.2 Å². The van der Waals surface area contributed by atoms with Crippen LogP contribution in [0.3, 0.4) is 0 Å². The van der Waals surface area contributed by atoms with Gasteiger partial charge in [-0.15, -0.1) is 0 Å². The van der Waals surface area contributed by atoms with Gasteiger partial charge in [-0.05, 0) is 61.9 Å². The number of hydrogen-bond acceptors (Lipinski definition) is 5. The second kappa shape index (κ2) is 10.4. The second-order valence-electron chi connectivity index (χ2n) is 8.36. The molecule has 1 N–H and O–H groups in total. The monoisotopic (exact) mass is 480 g/mol. The Bertz CT molecular complexity index is 1220. The smallest absolute Gasteiger partial charge is 0.255 e. The van der Waals surface area contributed by atoms with Gasteiger partial charge in [-0.25, -0.2) is 8.42 Å². The van der Waals surface area contributed by atoms with E-state index < -0.39 is 15.9 Å². The molecule has 0 spiro atoms. The van der Waals surface area contributed by atoms with Crippen LogP contribution in [0.4, 0.5) is 5.69 Å². The zero-order valence-electron chi connectivity index (χ0n) is 19.2. The van der Waals surface area contributed by atoms with Crippen molar-refractivity contribution in [3.63, 3.8) is 0 Å². The van der Waals surface area contributed by atoms with Gasteiger partial charge in [0, 0.05) is 24.3 Å². The van der Waals surface area contributed by atoms with Crippen LogP contribution in [-0.4, -0.2) is 43.9 Å². The molecule has 7 nitrogen and oxygen atoms in total. The van der Waals surface area contributed by atoms with Gasteiger partial charge >= 0.3 is 0 Å². The molecule has 0 aromatic heterocycles. The Morgan fingerprint density at radius 2 is 1.65 bits per heavy atom. The van der Waals surface area contributed by atoms with Crippen molar-refractivity contribution in [2.75, 3.05) is 18.4 Å². The lowest BCUT2D eigenvalue weighted by Crippen LogP contribution is -2.48. The number of ether oxygens (including phenoxy) is 2. The van der Waals surface area contributed by atoms with Gasteiger partial charge in [0.1, 0.15) is 12.4 Å². The maximum atomic E-state index is 13.1. The van der Waals surface area contributed by atoms with E-state index in [0.29, 0.717) is 18.0 Å². The molecule has 1 fully saturated rings. The van der Waals surface area contributed by atoms with Crippen LogP contribution in [0.25, 0.3) is 0 Å². The molecule has 1 amide bonds. The van der Waals surface area contributed by atoms with Gasteiger partial charge in [-0.2, -0.15) is 4.31 Å². The van der Waals surface area contributed by atoms with Gasteiger partial charge in [0.05, 0.1) is 17.1 Å². The number of sulfonamides is 1. The lowest BCUT2D eigenvalue weighted by atomic mass is 10.2. The van der Waals surface area contributed by atoms with Crippen LogP contribution < -0.4 is 10.1 Å². The number of anilines is 1. The summed E-state index contributed by atoms with van der Waals surface area (Å²) in [4.78, 5) is 12.9. The molecule has 0 saturated carbocycles. The van der Waals surface area contributed by atoms with Crippen molar-refractivity contribution in [2.24, 2.45) is 0 Å². The van der Waals surface area contributed by atoms with Crippen molar-refractivity contribution in [1.29, 1.82) is 0 Å². The molecule has 34 heavy (non-hydrogen) atoms. The number of hydrogen-bond donors (Lipinski definition) is 1. The highest BCUT2D eigenvalue weighted by Crippen LogP contribution is 2.23. The zero-order chi connectivity index (χ0) is 24.1. The predicted octanol–water partition coefficient (Wildman–Crippen LogP) is 4.32. The van der Waals surface area contributed by atoms with Gasteiger partial charge in [0.25, 0.3) is 5.91 Å². The van der Waals surface area contributed by atoms with Crippen molar-refractivity contribution in [3.8, 4) is 5.75 Å². The van der Waals surface area contributed by atoms with Gasteiger partial charge in [-0.1, -0.05) is 36.4 Å². The minimum Gasteiger partial charge on any atom is -0.489 e. The normalized spacial score (nSPS) is 18.9. The third-order valence-electron chi connectivity index (χ3n) is 5.48. The zero-order valence-corrected chi connectivity index (χ0v) is 20.0. The Hall–Kier alpha value is -3.20. The largest absolute Gasteiger partial charge is 0.489 e. The molecule has 2 atom stereocenters. The van der Waals surface area contributed by atoms with Crippen molar-refractivity contribution in [2.45, 2.75) is 37.6 Å². The molecule has 3 aromatic carbocycles. The summed E-state index contributed by atoms with van der Waals surface area (Å²) in [5.74, 6) is 0.294. The molecule has 0 aliphatic carbocycles. The summed E-state index contributed by atoms with van der Waals surface area (Å²) in [6.07, 6.45) is -0.380. The van der Waals surface area contributed by atoms with E-state index in [9.17, 15) is 13.2 Å². The molecule has 4 rings (SSSR count). The first-order chi connectivity index (χ1) is 16.3. The lowest BCUT2D eigenvalue weighted by molar-refractivity contribution is -0.0440. The van der Waals surface area contributed by atoms with Crippen molar-refractivity contribution in [1.82, 2.24) is 4.31 Å². The maximum absolute atomic E-state index is 13.1. The fourth-order valence-electron chi connectivity index (χ4n) is 3.85. The second-order valence-corrected chi connectivity index (χ2v) is 10.3. The molecular weight excluding hydrogens is 452 g/mol. The van der Waals surface area contributed by atoms with Crippen LogP contribution in [0.15, 0.2) is 83.8 Å². The fraction of sp³-hybridized carbons (Fsp3) is 0.269. The summed E-state index contributed by atoms with van der Waals surface area (Å²) >= 11 is 0. The molecule has 2 unspecified atom stereocenters. The van der Waals surface area contributed by atoms with Crippen LogP contribution in [0, 0.1) is 0 Å². The van der Waals surface area contributed by atoms with Crippen LogP contribution in [0.2, 0.25) is 0 Å². The first kappa shape index (κ1) is 23.9. The lowest BCUT2D eigenvalue weighted by Gasteiger charge is -2.34. The third-order valence-corrected chi connectivity index (χ3v) is 7.31. The van der Waals surface area contributed by atoms with Crippen LogP contribution in [0.1, 0.15) is 29.8 Å². The van der Waals surface area contributed by atoms with Gasteiger partial charge < -0.3 is 14.8 Å². The Labute approximate surface area is 200 Å². The minimum atomic E-state index is -3.73. The molecule has 1 aliphatic heterocycles. The average Bonchev–Trinajstić information content (AvgIpc) is 2.84. The maximum Gasteiger partial charge on any atom is 0.255 e. The highest BCUT2D eigenvalue weighted by Gasteiger charge is 2.32. The van der Waals surface area contributed by atoms with Gasteiger partial charge in [0.15, 0.2) is 0 Å². The molecule has 8 heteroatoms. The van der Waals surface area contributed by atoms with Gasteiger partial charge in [-0.3, -0.25) is 4.79 Å². The number of rotatable bonds is 7. The highest BCUT2D eigenvalue weighted by atomic mass is 32.2. The summed E-state index contributed by atoms with van der Waals surface area (Å²) in [5.41, 5.74) is 1.91. The summed E-state index contributed by atoms with van der Waals surface area (Å²) in [7, 11) is -3.73. The van der Waals surface area contributed by atoms with E-state index in [2.05, 4.69) is 5.32 Å². The Balaban J connectivity index is 1.41. The number of benzene rings is 3. The van der Waals surface area contributed by atoms with Crippen molar-refractivity contribution < 1.29 is 22.7 Å². The Morgan fingerprint density at radius 1 is 0.971 bits per heavy atom. The minimum absolute atomic E-state index is 0.0890. The molecule has 0 bridgehead atoms. The number of carbonyl (C=O) groups excluding carboxylic acids is 1. The molecule has 1 heterocycles. The number of nitrogens with one attached hydrogen (secondary N) is 1. The molecule has 3 aromatic rings. The number of morpholine rings is 1. The molecule has 1 saturated heterocycles. The summed E-state index contributed by atoms with van der Waals surface area (Å²) in [6.45, 7) is 4.71. The summed E-state index contributed by atoms with van der Waals surface area (Å²) in [6, 6.07) is 23.0. The number of amides is 1. The molecule has 1 aliphatic rings. The van der Waals surface area contributed by atoms with E-state index >= 15 is 0 Å². The van der Waals surface area contributed by atoms with Crippen molar-refractivity contribution >= 4 is 21.6 Å². The van der Waals surface area contributed by atoms with Crippen LogP contribution >= 0.6 is 0 Å². The summed E-state index contributed by atoms with van der Waals surface area (Å²) in [5, 5.41) is 2.81. The quantitative estimate of drug-likeness (QED) is 0.545. The van der Waals surface area contributed by atoms with E-state index in [1.165, 1.54) is 16.4 Å². The van der Waals surface area contributed by atoms with Crippen LogP contribution in [0.5, 0.6) is 5.75 Å². The average molecular weight is 481 g/mol.